The number of rotatable bonds is 8. The summed E-state index contributed by atoms with van der Waals surface area (Å²) in [5.41, 5.74) is 1.43. The number of methoxy groups -OCH3 is 2. The summed E-state index contributed by atoms with van der Waals surface area (Å²) >= 11 is 0. The van der Waals surface area contributed by atoms with Crippen molar-refractivity contribution < 1.29 is 33.6 Å². The normalized spacial score (nSPS) is 16.6. The van der Waals surface area contributed by atoms with Crippen molar-refractivity contribution in [3.05, 3.63) is 41.5 Å². The van der Waals surface area contributed by atoms with Crippen molar-refractivity contribution in [3.8, 4) is 28.4 Å². The van der Waals surface area contributed by atoms with Gasteiger partial charge >= 0.3 is 11.9 Å². The minimum absolute atomic E-state index is 0.181. The van der Waals surface area contributed by atoms with E-state index >= 15 is 0 Å². The Kier molecular flexibility index (Phi) is 5.53. The zero-order valence-corrected chi connectivity index (χ0v) is 18.8. The molecule has 1 fully saturated rings. The number of hydrogen-bond acceptors (Lipinski definition) is 6. The number of cyclic esters (lactones) is 1. The van der Waals surface area contributed by atoms with Crippen LogP contribution in [0, 0.1) is 10.8 Å². The topological polar surface area (TPSA) is 91.3 Å². The fourth-order valence-electron chi connectivity index (χ4n) is 4.76. The largest absolute Gasteiger partial charge is 0.493 e. The van der Waals surface area contributed by atoms with E-state index < -0.39 is 16.8 Å². The number of fused-ring (bicyclic) bond motifs is 1. The monoisotopic (exact) mass is 440 g/mol. The first kappa shape index (κ1) is 22.0. The van der Waals surface area contributed by atoms with Crippen molar-refractivity contribution in [1.82, 2.24) is 0 Å². The van der Waals surface area contributed by atoms with Crippen LogP contribution < -0.4 is 14.2 Å². The zero-order chi connectivity index (χ0) is 23.1. The highest BCUT2D eigenvalue weighted by atomic mass is 16.5. The molecule has 7 nitrogen and oxygen atoms in total. The Morgan fingerprint density at radius 3 is 2.38 bits per heavy atom. The average molecular weight is 440 g/mol. The number of carboxylic acids is 1. The summed E-state index contributed by atoms with van der Waals surface area (Å²) in [5.74, 6) is 0.237. The summed E-state index contributed by atoms with van der Waals surface area (Å²) in [6, 6.07) is 9.10. The second-order valence-corrected chi connectivity index (χ2v) is 9.00. The highest BCUT2D eigenvalue weighted by Gasteiger charge is 2.55. The van der Waals surface area contributed by atoms with Crippen LogP contribution in [-0.2, 0) is 16.1 Å². The van der Waals surface area contributed by atoms with Gasteiger partial charge in [0.2, 0.25) is 5.75 Å². The Bertz CT molecular complexity index is 1070. The average Bonchev–Trinajstić information content (AvgIpc) is 3.11. The summed E-state index contributed by atoms with van der Waals surface area (Å²) in [7, 11) is 3.08. The smallest absolute Gasteiger partial charge is 0.338 e. The van der Waals surface area contributed by atoms with Gasteiger partial charge in [0.1, 0.15) is 6.61 Å². The predicted molar refractivity (Wildman–Crippen MR) is 117 cm³/mol. The van der Waals surface area contributed by atoms with Gasteiger partial charge in [0.25, 0.3) is 0 Å². The van der Waals surface area contributed by atoms with E-state index in [0.717, 1.165) is 23.1 Å². The van der Waals surface area contributed by atoms with Gasteiger partial charge in [-0.15, -0.1) is 0 Å². The van der Waals surface area contributed by atoms with Crippen LogP contribution >= 0.6 is 0 Å². The number of ether oxygens (including phenoxy) is 4. The molecule has 1 aliphatic carbocycles. The first-order valence-corrected chi connectivity index (χ1v) is 10.7. The molecule has 32 heavy (non-hydrogen) atoms. The van der Waals surface area contributed by atoms with E-state index in [-0.39, 0.29) is 19.2 Å². The van der Waals surface area contributed by atoms with E-state index in [2.05, 4.69) is 0 Å². The zero-order valence-electron chi connectivity index (χ0n) is 18.8. The number of carbonyl (C=O) groups is 2. The quantitative estimate of drug-likeness (QED) is 0.595. The van der Waals surface area contributed by atoms with E-state index in [1.54, 1.807) is 25.3 Å². The summed E-state index contributed by atoms with van der Waals surface area (Å²) in [4.78, 5) is 24.2. The van der Waals surface area contributed by atoms with Crippen LogP contribution in [0.4, 0.5) is 0 Å². The number of carboxylic acid groups (broad SMARTS) is 1. The Morgan fingerprint density at radius 2 is 1.78 bits per heavy atom. The molecule has 0 unspecified atom stereocenters. The molecule has 0 radical (unpaired) electrons. The van der Waals surface area contributed by atoms with Crippen LogP contribution in [0.3, 0.4) is 0 Å². The molecule has 4 rings (SSSR count). The maximum absolute atomic E-state index is 12.1. The van der Waals surface area contributed by atoms with E-state index in [9.17, 15) is 14.7 Å². The van der Waals surface area contributed by atoms with Gasteiger partial charge in [-0.05, 0) is 36.6 Å². The second-order valence-electron chi connectivity index (χ2n) is 9.00. The number of aliphatic carboxylic acids is 1. The van der Waals surface area contributed by atoms with Crippen LogP contribution in [0.15, 0.2) is 30.3 Å². The maximum Gasteiger partial charge on any atom is 0.338 e. The Labute approximate surface area is 187 Å². The molecule has 0 amide bonds. The Balaban J connectivity index is 1.78. The van der Waals surface area contributed by atoms with Gasteiger partial charge in [-0.2, -0.15) is 0 Å². The van der Waals surface area contributed by atoms with Gasteiger partial charge < -0.3 is 24.1 Å². The van der Waals surface area contributed by atoms with Crippen LogP contribution in [0.25, 0.3) is 11.1 Å². The molecule has 1 N–H and O–H groups in total. The SMILES string of the molecule is COc1ccc(-c2cccc3c2COC3=O)c(OCC(C)(C)C2(C(=O)O)CCC2)c1OC. The molecule has 1 aliphatic heterocycles. The number of hydrogen-bond donors (Lipinski definition) is 1. The minimum Gasteiger partial charge on any atom is -0.493 e. The van der Waals surface area contributed by atoms with Gasteiger partial charge in [-0.1, -0.05) is 32.4 Å². The van der Waals surface area contributed by atoms with Crippen molar-refractivity contribution in [3.63, 3.8) is 0 Å². The molecule has 2 aliphatic rings. The third kappa shape index (κ3) is 3.27. The molecule has 2 aromatic carbocycles. The van der Waals surface area contributed by atoms with Crippen molar-refractivity contribution in [2.24, 2.45) is 10.8 Å². The summed E-state index contributed by atoms with van der Waals surface area (Å²) in [6.45, 7) is 4.23. The molecule has 7 heteroatoms. The molecule has 2 aromatic rings. The third-order valence-corrected chi connectivity index (χ3v) is 7.02. The third-order valence-electron chi connectivity index (χ3n) is 7.02. The van der Waals surface area contributed by atoms with Crippen LogP contribution in [-0.4, -0.2) is 37.9 Å². The van der Waals surface area contributed by atoms with Gasteiger partial charge in [0, 0.05) is 16.5 Å². The molecule has 0 aromatic heterocycles. The molecule has 1 heterocycles. The Morgan fingerprint density at radius 1 is 1.06 bits per heavy atom. The first-order chi connectivity index (χ1) is 15.3. The molecule has 0 saturated heterocycles. The van der Waals surface area contributed by atoms with Gasteiger partial charge in [-0.25, -0.2) is 4.79 Å². The standard InChI is InChI=1S/C25H28O7/c1-24(2,25(23(27)28)11-6-12-25)14-32-20-16(9-10-19(29-3)21(20)30-4)15-7-5-8-17-18(15)13-31-22(17)26/h5,7-10H,6,11-14H2,1-4H3,(H,27,28). The van der Waals surface area contributed by atoms with Crippen molar-refractivity contribution in [2.45, 2.75) is 39.7 Å². The summed E-state index contributed by atoms with van der Waals surface area (Å²) in [5, 5.41) is 9.92. The van der Waals surface area contributed by atoms with Gasteiger partial charge in [0.05, 0.1) is 31.8 Å². The van der Waals surface area contributed by atoms with Crippen LogP contribution in [0.2, 0.25) is 0 Å². The minimum atomic E-state index is -0.812. The first-order valence-electron chi connectivity index (χ1n) is 10.7. The molecule has 170 valence electrons. The fourth-order valence-corrected chi connectivity index (χ4v) is 4.76. The molecular weight excluding hydrogens is 412 g/mol. The second kappa shape index (κ2) is 8.04. The maximum atomic E-state index is 12.1. The predicted octanol–water partition coefficient (Wildman–Crippen LogP) is 4.70. The highest BCUT2D eigenvalue weighted by molar-refractivity contribution is 5.96. The van der Waals surface area contributed by atoms with E-state index in [0.29, 0.717) is 35.7 Å². The van der Waals surface area contributed by atoms with Crippen molar-refractivity contribution in [2.75, 3.05) is 20.8 Å². The fraction of sp³-hybridized carbons (Fsp3) is 0.440. The number of esters is 1. The molecule has 0 atom stereocenters. The van der Waals surface area contributed by atoms with Crippen LogP contribution in [0.1, 0.15) is 49.0 Å². The lowest BCUT2D eigenvalue weighted by atomic mass is 9.54. The van der Waals surface area contributed by atoms with Gasteiger partial charge in [0.15, 0.2) is 11.5 Å². The highest BCUT2D eigenvalue weighted by Crippen LogP contribution is 2.55. The van der Waals surface area contributed by atoms with E-state index in [1.807, 2.05) is 26.0 Å². The lowest BCUT2D eigenvalue weighted by molar-refractivity contribution is -0.168. The van der Waals surface area contributed by atoms with Crippen molar-refractivity contribution in [1.29, 1.82) is 0 Å². The number of carbonyl (C=O) groups excluding carboxylic acids is 1. The summed E-state index contributed by atoms with van der Waals surface area (Å²) < 4.78 is 22.7. The van der Waals surface area contributed by atoms with E-state index in [4.69, 9.17) is 18.9 Å². The molecular formula is C25H28O7. The lowest BCUT2D eigenvalue weighted by Gasteiger charge is -2.49. The summed E-state index contributed by atoms with van der Waals surface area (Å²) in [6.07, 6.45) is 2.16. The lowest BCUT2D eigenvalue weighted by Crippen LogP contribution is -2.52. The van der Waals surface area contributed by atoms with Crippen molar-refractivity contribution >= 4 is 11.9 Å². The Hall–Kier alpha value is -3.22. The molecule has 1 saturated carbocycles. The van der Waals surface area contributed by atoms with Gasteiger partial charge in [-0.3, -0.25) is 4.79 Å². The van der Waals surface area contributed by atoms with Crippen LogP contribution in [0.5, 0.6) is 17.2 Å². The molecule has 0 spiro atoms. The number of benzene rings is 2. The molecule has 0 bridgehead atoms. The van der Waals surface area contributed by atoms with E-state index in [1.165, 1.54) is 7.11 Å².